The van der Waals surface area contributed by atoms with Crippen LogP contribution in [0.25, 0.3) is 44.2 Å². The summed E-state index contributed by atoms with van der Waals surface area (Å²) in [6.45, 7) is 0. The molecule has 0 amide bonds. The second-order valence-corrected chi connectivity index (χ2v) is 12.0. The lowest BCUT2D eigenvalue weighted by atomic mass is 9.88. The number of rotatable bonds is 6. The first-order valence-electron chi connectivity index (χ1n) is 16.2. The van der Waals surface area contributed by atoms with Gasteiger partial charge in [-0.1, -0.05) is 158 Å². The zero-order chi connectivity index (χ0) is 32.3. The Balaban J connectivity index is 1.16. The third-order valence-corrected chi connectivity index (χ3v) is 9.03. The highest BCUT2D eigenvalue weighted by atomic mass is 15.3. The predicted octanol–water partition coefficient (Wildman–Crippen LogP) is 10.0. The van der Waals surface area contributed by atoms with E-state index in [0.717, 1.165) is 44.8 Å². The molecule has 4 heteroatoms. The van der Waals surface area contributed by atoms with Crippen molar-refractivity contribution < 1.29 is 0 Å². The van der Waals surface area contributed by atoms with Crippen molar-refractivity contribution in [2.24, 2.45) is 4.99 Å². The maximum atomic E-state index is 9.18. The SMILES string of the molecule is N#Cc1ccc(-c2ccc(-c3ccc4ccccc4c3-c3ccc(C4N=C(c5ccccc5)NC(c5ccccc5)N4)cc3)cc2)cc1. The minimum Gasteiger partial charge on any atom is -0.350 e. The van der Waals surface area contributed by atoms with E-state index >= 15 is 0 Å². The van der Waals surface area contributed by atoms with Gasteiger partial charge in [0, 0.05) is 5.56 Å². The van der Waals surface area contributed by atoms with Crippen LogP contribution in [0.15, 0.2) is 175 Å². The second kappa shape index (κ2) is 12.8. The van der Waals surface area contributed by atoms with E-state index in [1.54, 1.807) is 0 Å². The van der Waals surface area contributed by atoms with Crippen molar-refractivity contribution in [3.63, 3.8) is 0 Å². The van der Waals surface area contributed by atoms with Crippen molar-refractivity contribution in [3.8, 4) is 39.4 Å². The number of benzene rings is 7. The van der Waals surface area contributed by atoms with E-state index in [9.17, 15) is 5.26 Å². The van der Waals surface area contributed by atoms with Gasteiger partial charge < -0.3 is 5.32 Å². The summed E-state index contributed by atoms with van der Waals surface area (Å²) in [5, 5.41) is 18.9. The largest absolute Gasteiger partial charge is 0.350 e. The molecule has 1 heterocycles. The molecule has 1 aliphatic heterocycles. The molecule has 1 aliphatic rings. The van der Waals surface area contributed by atoms with Crippen LogP contribution >= 0.6 is 0 Å². The summed E-state index contributed by atoms with van der Waals surface area (Å²) >= 11 is 0. The smallest absolute Gasteiger partial charge is 0.131 e. The van der Waals surface area contributed by atoms with E-state index in [4.69, 9.17) is 4.99 Å². The molecule has 2 N–H and O–H groups in total. The van der Waals surface area contributed by atoms with Crippen LogP contribution in [0.1, 0.15) is 34.6 Å². The quantitative estimate of drug-likeness (QED) is 0.195. The number of nitriles is 1. The molecular weight excluding hydrogens is 585 g/mol. The average Bonchev–Trinajstić information content (AvgIpc) is 3.18. The Morgan fingerprint density at radius 2 is 1.10 bits per heavy atom. The van der Waals surface area contributed by atoms with Crippen LogP contribution in [-0.2, 0) is 0 Å². The maximum Gasteiger partial charge on any atom is 0.131 e. The van der Waals surface area contributed by atoms with Crippen LogP contribution < -0.4 is 10.6 Å². The molecule has 2 unspecified atom stereocenters. The van der Waals surface area contributed by atoms with Gasteiger partial charge in [0.2, 0.25) is 0 Å². The lowest BCUT2D eigenvalue weighted by molar-refractivity contribution is 0.409. The van der Waals surface area contributed by atoms with Crippen molar-refractivity contribution in [1.82, 2.24) is 10.6 Å². The molecule has 0 saturated heterocycles. The van der Waals surface area contributed by atoms with Crippen LogP contribution in [0.3, 0.4) is 0 Å². The third kappa shape index (κ3) is 5.76. The van der Waals surface area contributed by atoms with Crippen molar-refractivity contribution in [3.05, 3.63) is 192 Å². The summed E-state index contributed by atoms with van der Waals surface area (Å²) in [6, 6.07) is 61.3. The van der Waals surface area contributed by atoms with Crippen molar-refractivity contribution >= 4 is 16.6 Å². The predicted molar refractivity (Wildman–Crippen MR) is 196 cm³/mol. The van der Waals surface area contributed by atoms with Gasteiger partial charge in [0.15, 0.2) is 0 Å². The number of amidine groups is 1. The molecule has 4 nitrogen and oxygen atoms in total. The molecule has 7 aromatic rings. The maximum absolute atomic E-state index is 9.18. The molecule has 0 aromatic heterocycles. The Morgan fingerprint density at radius 3 is 1.81 bits per heavy atom. The lowest BCUT2D eigenvalue weighted by Gasteiger charge is -2.32. The topological polar surface area (TPSA) is 60.2 Å². The van der Waals surface area contributed by atoms with E-state index in [-0.39, 0.29) is 12.3 Å². The summed E-state index contributed by atoms with van der Waals surface area (Å²) in [5.74, 6) is 0.873. The summed E-state index contributed by atoms with van der Waals surface area (Å²) in [4.78, 5) is 5.14. The molecular formula is C44H32N4. The molecule has 0 saturated carbocycles. The average molecular weight is 617 g/mol. The highest BCUT2D eigenvalue weighted by molar-refractivity contribution is 6.04. The normalized spacial score (nSPS) is 15.7. The zero-order valence-electron chi connectivity index (χ0n) is 26.2. The highest BCUT2D eigenvalue weighted by Crippen LogP contribution is 2.39. The van der Waals surface area contributed by atoms with Crippen molar-refractivity contribution in [2.75, 3.05) is 0 Å². The van der Waals surface area contributed by atoms with E-state index in [0.29, 0.717) is 5.56 Å². The van der Waals surface area contributed by atoms with Gasteiger partial charge >= 0.3 is 0 Å². The molecule has 2 atom stereocenters. The summed E-state index contributed by atoms with van der Waals surface area (Å²) in [6.07, 6.45) is -0.303. The fourth-order valence-electron chi connectivity index (χ4n) is 6.52. The van der Waals surface area contributed by atoms with E-state index in [1.165, 1.54) is 21.9 Å². The number of hydrogen-bond acceptors (Lipinski definition) is 4. The van der Waals surface area contributed by atoms with Gasteiger partial charge in [-0.2, -0.15) is 5.26 Å². The molecule has 0 spiro atoms. The van der Waals surface area contributed by atoms with Crippen molar-refractivity contribution in [1.29, 1.82) is 5.26 Å². The first kappa shape index (κ1) is 29.1. The van der Waals surface area contributed by atoms with Gasteiger partial charge in [-0.3, -0.25) is 5.32 Å². The standard InChI is InChI=1S/C44H32N4/c45-29-30-15-17-31(18-16-30)32-19-21-34(22-20-32)40-28-27-33-9-7-8-14-39(33)41(40)35-23-25-38(26-24-35)44-47-42(36-10-3-1-4-11-36)46-43(48-44)37-12-5-2-6-13-37/h1-28,42,44,47H,(H,46,48). The summed E-state index contributed by atoms with van der Waals surface area (Å²) in [7, 11) is 0. The number of aliphatic imine (C=N–C) groups is 1. The number of fused-ring (bicyclic) bond motifs is 1. The Bertz CT molecular complexity index is 2270. The van der Waals surface area contributed by atoms with Crippen LogP contribution in [0, 0.1) is 11.3 Å². The second-order valence-electron chi connectivity index (χ2n) is 12.0. The van der Waals surface area contributed by atoms with E-state index < -0.39 is 0 Å². The van der Waals surface area contributed by atoms with Gasteiger partial charge in [-0.15, -0.1) is 0 Å². The Kier molecular flexibility index (Phi) is 7.80. The Hall–Kier alpha value is -6.28. The molecule has 48 heavy (non-hydrogen) atoms. The molecule has 7 aromatic carbocycles. The summed E-state index contributed by atoms with van der Waals surface area (Å²) < 4.78 is 0. The minimum atomic E-state index is -0.220. The molecule has 0 radical (unpaired) electrons. The molecule has 228 valence electrons. The van der Waals surface area contributed by atoms with Gasteiger partial charge in [-0.25, -0.2) is 4.99 Å². The number of nitrogens with one attached hydrogen (secondary N) is 2. The zero-order valence-corrected chi connectivity index (χ0v) is 26.2. The lowest BCUT2D eigenvalue weighted by Crippen LogP contribution is -2.44. The van der Waals surface area contributed by atoms with E-state index in [1.807, 2.05) is 48.5 Å². The fourth-order valence-corrected chi connectivity index (χ4v) is 6.52. The Labute approximate surface area is 280 Å². The van der Waals surface area contributed by atoms with Crippen LogP contribution in [0.4, 0.5) is 0 Å². The Morgan fingerprint density at radius 1 is 0.500 bits per heavy atom. The number of nitrogens with zero attached hydrogens (tertiary/aromatic N) is 2. The van der Waals surface area contributed by atoms with Gasteiger partial charge in [0.1, 0.15) is 18.2 Å². The molecule has 0 aliphatic carbocycles. The van der Waals surface area contributed by atoms with Gasteiger partial charge in [0.25, 0.3) is 0 Å². The van der Waals surface area contributed by atoms with Gasteiger partial charge in [0.05, 0.1) is 11.6 Å². The first-order valence-corrected chi connectivity index (χ1v) is 16.2. The monoisotopic (exact) mass is 616 g/mol. The molecule has 8 rings (SSSR count). The third-order valence-electron chi connectivity index (χ3n) is 9.03. The fraction of sp³-hybridized carbons (Fsp3) is 0.0455. The van der Waals surface area contributed by atoms with Crippen molar-refractivity contribution in [2.45, 2.75) is 12.3 Å². The molecule has 0 bridgehead atoms. The minimum absolute atomic E-state index is 0.0829. The van der Waals surface area contributed by atoms with Gasteiger partial charge in [-0.05, 0) is 67.4 Å². The van der Waals surface area contributed by atoms with Crippen LogP contribution in [0.2, 0.25) is 0 Å². The highest BCUT2D eigenvalue weighted by Gasteiger charge is 2.25. The number of hydrogen-bond donors (Lipinski definition) is 2. The van der Waals surface area contributed by atoms with E-state index in [2.05, 4.69) is 138 Å². The van der Waals surface area contributed by atoms with Crippen LogP contribution in [-0.4, -0.2) is 5.84 Å². The first-order chi connectivity index (χ1) is 23.7. The molecule has 0 fully saturated rings. The van der Waals surface area contributed by atoms with Crippen LogP contribution in [0.5, 0.6) is 0 Å². The summed E-state index contributed by atoms with van der Waals surface area (Å²) in [5.41, 5.74) is 10.9.